The minimum absolute atomic E-state index is 0.0518. The molecule has 2 heterocycles. The Balaban J connectivity index is 1.58. The van der Waals surface area contributed by atoms with Crippen molar-refractivity contribution in [3.8, 4) is 0 Å². The highest BCUT2D eigenvalue weighted by Crippen LogP contribution is 2.37. The number of thiophene rings is 1. The van der Waals surface area contributed by atoms with Crippen molar-refractivity contribution in [2.45, 2.75) is 19.0 Å². The molecule has 4 rings (SSSR count). The lowest BCUT2D eigenvalue weighted by Gasteiger charge is -2.10. The van der Waals surface area contributed by atoms with Gasteiger partial charge in [-0.25, -0.2) is 9.37 Å². The lowest BCUT2D eigenvalue weighted by Crippen LogP contribution is -2.29. The maximum atomic E-state index is 15.3. The van der Waals surface area contributed by atoms with Gasteiger partial charge in [0.1, 0.15) is 15.4 Å². The Bertz CT molecular complexity index is 1340. The van der Waals surface area contributed by atoms with Crippen LogP contribution in [0.2, 0.25) is 0 Å². The SMILES string of the molecule is O=C(NCCc1ccc(B(O)O)cc1)c1sc2nc(C(F)(F)F)cc(Cc3ccccc3)c2c1F. The van der Waals surface area contributed by atoms with Gasteiger partial charge in [-0.15, -0.1) is 11.3 Å². The summed E-state index contributed by atoms with van der Waals surface area (Å²) in [6.07, 6.45) is -4.28. The zero-order valence-electron chi connectivity index (χ0n) is 18.1. The third-order valence-electron chi connectivity index (χ3n) is 5.40. The second-order valence-electron chi connectivity index (χ2n) is 7.87. The lowest BCUT2D eigenvalue weighted by atomic mass is 9.80. The Kier molecular flexibility index (Phi) is 7.20. The van der Waals surface area contributed by atoms with Gasteiger partial charge < -0.3 is 15.4 Å². The molecule has 0 fully saturated rings. The monoisotopic (exact) mass is 502 g/mol. The van der Waals surface area contributed by atoms with Crippen molar-refractivity contribution in [3.05, 3.63) is 93.7 Å². The third-order valence-corrected chi connectivity index (χ3v) is 6.45. The molecule has 5 nitrogen and oxygen atoms in total. The zero-order chi connectivity index (χ0) is 25.2. The zero-order valence-corrected chi connectivity index (χ0v) is 19.0. The summed E-state index contributed by atoms with van der Waals surface area (Å²) in [5.41, 5.74) is 0.785. The van der Waals surface area contributed by atoms with Gasteiger partial charge in [0.2, 0.25) is 0 Å². The van der Waals surface area contributed by atoms with Crippen LogP contribution in [-0.4, -0.2) is 34.6 Å². The Morgan fingerprint density at radius 1 is 1.03 bits per heavy atom. The van der Waals surface area contributed by atoms with E-state index in [-0.39, 0.29) is 33.6 Å². The number of carbonyl (C=O) groups excluding carboxylic acids is 1. The summed E-state index contributed by atoms with van der Waals surface area (Å²) in [5.74, 6) is -1.64. The summed E-state index contributed by atoms with van der Waals surface area (Å²) in [4.78, 5) is 15.7. The number of benzene rings is 2. The Labute approximate surface area is 202 Å². The fourth-order valence-electron chi connectivity index (χ4n) is 3.64. The summed E-state index contributed by atoms with van der Waals surface area (Å²) in [7, 11) is -1.59. The van der Waals surface area contributed by atoms with Crippen LogP contribution in [0.25, 0.3) is 10.2 Å². The van der Waals surface area contributed by atoms with Gasteiger partial charge in [0.25, 0.3) is 5.91 Å². The summed E-state index contributed by atoms with van der Waals surface area (Å²) < 4.78 is 55.6. The molecule has 0 spiro atoms. The highest BCUT2D eigenvalue weighted by atomic mass is 32.1. The molecule has 0 aliphatic carbocycles. The number of hydrogen-bond acceptors (Lipinski definition) is 5. The van der Waals surface area contributed by atoms with E-state index >= 15 is 4.39 Å². The largest absolute Gasteiger partial charge is 0.488 e. The molecular formula is C24H19BF4N2O3S. The smallest absolute Gasteiger partial charge is 0.423 e. The van der Waals surface area contributed by atoms with E-state index in [1.165, 1.54) is 12.1 Å². The number of fused-ring (bicyclic) bond motifs is 1. The van der Waals surface area contributed by atoms with Gasteiger partial charge in [-0.2, -0.15) is 13.2 Å². The predicted octanol–water partition coefficient (Wildman–Crippen LogP) is 3.70. The number of nitrogens with one attached hydrogen (secondary N) is 1. The van der Waals surface area contributed by atoms with E-state index in [1.807, 2.05) is 0 Å². The number of rotatable bonds is 7. The van der Waals surface area contributed by atoms with E-state index in [4.69, 9.17) is 10.0 Å². The molecular weight excluding hydrogens is 483 g/mol. The van der Waals surface area contributed by atoms with Crippen LogP contribution in [-0.2, 0) is 19.0 Å². The van der Waals surface area contributed by atoms with E-state index in [2.05, 4.69) is 10.3 Å². The van der Waals surface area contributed by atoms with Crippen LogP contribution in [0.3, 0.4) is 0 Å². The predicted molar refractivity (Wildman–Crippen MR) is 126 cm³/mol. The Hall–Kier alpha value is -3.28. The molecule has 0 atom stereocenters. The number of pyridine rings is 1. The third kappa shape index (κ3) is 5.69. The van der Waals surface area contributed by atoms with Crippen LogP contribution in [0, 0.1) is 5.82 Å². The van der Waals surface area contributed by atoms with Crippen molar-refractivity contribution < 1.29 is 32.4 Å². The van der Waals surface area contributed by atoms with E-state index < -0.39 is 30.7 Å². The van der Waals surface area contributed by atoms with Crippen LogP contribution in [0.4, 0.5) is 17.6 Å². The van der Waals surface area contributed by atoms with Crippen molar-refractivity contribution >= 4 is 40.0 Å². The molecule has 0 aliphatic heterocycles. The maximum absolute atomic E-state index is 15.3. The molecule has 0 saturated heterocycles. The summed E-state index contributed by atoms with van der Waals surface area (Å²) in [6, 6.07) is 15.9. The highest BCUT2D eigenvalue weighted by molar-refractivity contribution is 7.20. The maximum Gasteiger partial charge on any atom is 0.488 e. The van der Waals surface area contributed by atoms with E-state index in [0.29, 0.717) is 28.8 Å². The normalized spacial score (nSPS) is 11.6. The summed E-state index contributed by atoms with van der Waals surface area (Å²) >= 11 is 0.585. The number of carbonyl (C=O) groups is 1. The second kappa shape index (κ2) is 10.1. The van der Waals surface area contributed by atoms with Crippen molar-refractivity contribution in [1.82, 2.24) is 10.3 Å². The number of alkyl halides is 3. The number of halogens is 4. The van der Waals surface area contributed by atoms with Crippen molar-refractivity contribution in [3.63, 3.8) is 0 Å². The average Bonchev–Trinajstić information content (AvgIpc) is 3.16. The number of aromatic nitrogens is 1. The first-order chi connectivity index (χ1) is 16.6. The Morgan fingerprint density at radius 2 is 1.71 bits per heavy atom. The molecule has 35 heavy (non-hydrogen) atoms. The topological polar surface area (TPSA) is 82.5 Å². The number of nitrogens with zero attached hydrogens (tertiary/aromatic N) is 1. The number of amides is 1. The first-order valence-electron chi connectivity index (χ1n) is 10.6. The van der Waals surface area contributed by atoms with E-state index in [9.17, 15) is 18.0 Å². The van der Waals surface area contributed by atoms with Crippen LogP contribution in [0.15, 0.2) is 60.7 Å². The molecule has 3 N–H and O–H groups in total. The highest BCUT2D eigenvalue weighted by Gasteiger charge is 2.35. The molecule has 2 aromatic heterocycles. The van der Waals surface area contributed by atoms with Crippen molar-refractivity contribution in [1.29, 1.82) is 0 Å². The molecule has 1 amide bonds. The van der Waals surface area contributed by atoms with Crippen molar-refractivity contribution in [2.75, 3.05) is 6.54 Å². The molecule has 0 radical (unpaired) electrons. The van der Waals surface area contributed by atoms with Crippen LogP contribution in [0.5, 0.6) is 0 Å². The Morgan fingerprint density at radius 3 is 2.34 bits per heavy atom. The first-order valence-corrected chi connectivity index (χ1v) is 11.4. The molecule has 11 heteroatoms. The van der Waals surface area contributed by atoms with Gasteiger partial charge in [-0.3, -0.25) is 4.79 Å². The fourth-order valence-corrected chi connectivity index (χ4v) is 4.66. The number of hydrogen-bond donors (Lipinski definition) is 3. The van der Waals surface area contributed by atoms with Gasteiger partial charge in [-0.05, 0) is 41.1 Å². The molecule has 0 unspecified atom stereocenters. The lowest BCUT2D eigenvalue weighted by molar-refractivity contribution is -0.141. The van der Waals surface area contributed by atoms with Gasteiger partial charge in [-0.1, -0.05) is 54.6 Å². The van der Waals surface area contributed by atoms with Gasteiger partial charge >= 0.3 is 13.3 Å². The van der Waals surface area contributed by atoms with Crippen molar-refractivity contribution in [2.24, 2.45) is 0 Å². The molecule has 4 aromatic rings. The van der Waals surface area contributed by atoms with E-state index in [1.54, 1.807) is 42.5 Å². The van der Waals surface area contributed by atoms with Crippen LogP contribution >= 0.6 is 11.3 Å². The van der Waals surface area contributed by atoms with Gasteiger partial charge in [0.15, 0.2) is 5.82 Å². The quantitative estimate of drug-likeness (QED) is 0.266. The molecule has 0 saturated carbocycles. The summed E-state index contributed by atoms with van der Waals surface area (Å²) in [5, 5.41) is 20.8. The van der Waals surface area contributed by atoms with Crippen LogP contribution in [0.1, 0.15) is 32.1 Å². The summed E-state index contributed by atoms with van der Waals surface area (Å²) in [6.45, 7) is 0.144. The molecule has 0 aliphatic rings. The first kappa shape index (κ1) is 24.8. The average molecular weight is 502 g/mol. The van der Waals surface area contributed by atoms with E-state index in [0.717, 1.165) is 11.6 Å². The van der Waals surface area contributed by atoms with Crippen LogP contribution < -0.4 is 10.8 Å². The van der Waals surface area contributed by atoms with Gasteiger partial charge in [0.05, 0.1) is 5.39 Å². The molecule has 180 valence electrons. The minimum atomic E-state index is -4.72. The second-order valence-corrected chi connectivity index (χ2v) is 8.87. The molecule has 0 bridgehead atoms. The van der Waals surface area contributed by atoms with Gasteiger partial charge in [0, 0.05) is 6.54 Å². The minimum Gasteiger partial charge on any atom is -0.423 e. The fraction of sp³-hybridized carbons (Fsp3) is 0.167. The molecule has 2 aromatic carbocycles. The standard InChI is InChI=1S/C24H19BF4N2O3S/c26-20-19-16(12-15-4-2-1-3-5-15)13-18(24(27,28)29)31-23(19)35-21(20)22(32)30-11-10-14-6-8-17(9-7-14)25(33)34/h1-9,13,33-34H,10-12H2,(H,30,32).